The predicted octanol–water partition coefficient (Wildman–Crippen LogP) is 3.35. The van der Waals surface area contributed by atoms with Crippen LogP contribution in [-0.2, 0) is 13.1 Å². The summed E-state index contributed by atoms with van der Waals surface area (Å²) >= 11 is 0. The molecule has 0 radical (unpaired) electrons. The topological polar surface area (TPSA) is 54.9 Å². The average molecular weight is 341 g/mol. The fourth-order valence-electron chi connectivity index (χ4n) is 2.38. The first-order valence-electron chi connectivity index (χ1n) is 8.62. The Labute approximate surface area is 150 Å². The van der Waals surface area contributed by atoms with Crippen LogP contribution in [0.4, 0.5) is 0 Å². The lowest BCUT2D eigenvalue weighted by atomic mass is 10.2. The van der Waals surface area contributed by atoms with Crippen LogP contribution >= 0.6 is 0 Å². The summed E-state index contributed by atoms with van der Waals surface area (Å²) in [5, 5.41) is 6.62. The maximum atomic E-state index is 5.54. The van der Waals surface area contributed by atoms with E-state index in [9.17, 15) is 0 Å². The van der Waals surface area contributed by atoms with Gasteiger partial charge in [0.25, 0.3) is 0 Å². The lowest BCUT2D eigenvalue weighted by Crippen LogP contribution is -2.36. The van der Waals surface area contributed by atoms with Crippen LogP contribution in [0, 0.1) is 0 Å². The molecular weight excluding hydrogens is 314 g/mol. The van der Waals surface area contributed by atoms with E-state index in [1.807, 2.05) is 43.3 Å². The second kappa shape index (κ2) is 10.2. The van der Waals surface area contributed by atoms with Crippen molar-refractivity contribution in [1.29, 1.82) is 0 Å². The van der Waals surface area contributed by atoms with Crippen molar-refractivity contribution in [2.75, 3.05) is 20.3 Å². The van der Waals surface area contributed by atoms with E-state index in [1.165, 1.54) is 0 Å². The number of benzene rings is 2. The van der Waals surface area contributed by atoms with E-state index >= 15 is 0 Å². The third-order valence-corrected chi connectivity index (χ3v) is 3.57. The number of hydrogen-bond acceptors (Lipinski definition) is 3. The van der Waals surface area contributed by atoms with E-state index in [2.05, 4.69) is 34.7 Å². The van der Waals surface area contributed by atoms with Gasteiger partial charge in [-0.05, 0) is 49.2 Å². The van der Waals surface area contributed by atoms with Gasteiger partial charge in [0.15, 0.2) is 5.96 Å². The van der Waals surface area contributed by atoms with Gasteiger partial charge in [-0.15, -0.1) is 0 Å². The van der Waals surface area contributed by atoms with Crippen molar-refractivity contribution >= 4 is 5.96 Å². The Morgan fingerprint density at radius 3 is 2.40 bits per heavy atom. The Morgan fingerprint density at radius 1 is 0.960 bits per heavy atom. The molecule has 0 spiro atoms. The van der Waals surface area contributed by atoms with Crippen LogP contribution in [0.25, 0.3) is 0 Å². The highest BCUT2D eigenvalue weighted by Crippen LogP contribution is 2.14. The number of nitrogens with one attached hydrogen (secondary N) is 2. The number of hydrogen-bond donors (Lipinski definition) is 2. The van der Waals surface area contributed by atoms with Crippen molar-refractivity contribution in [2.45, 2.75) is 26.9 Å². The van der Waals surface area contributed by atoms with Gasteiger partial charge in [0.05, 0.1) is 20.3 Å². The van der Waals surface area contributed by atoms with Crippen LogP contribution in [-0.4, -0.2) is 26.2 Å². The van der Waals surface area contributed by atoms with Crippen molar-refractivity contribution in [3.05, 3.63) is 59.7 Å². The second-order valence-electron chi connectivity index (χ2n) is 5.48. The highest BCUT2D eigenvalue weighted by Gasteiger charge is 2.01. The fraction of sp³-hybridized carbons (Fsp3) is 0.350. The Balaban J connectivity index is 1.98. The molecule has 0 bridgehead atoms. The quantitative estimate of drug-likeness (QED) is 0.571. The van der Waals surface area contributed by atoms with Crippen LogP contribution in [0.5, 0.6) is 11.5 Å². The summed E-state index contributed by atoms with van der Waals surface area (Å²) < 4.78 is 10.8. The summed E-state index contributed by atoms with van der Waals surface area (Å²) in [4.78, 5) is 4.65. The minimum Gasteiger partial charge on any atom is -0.497 e. The molecule has 5 heteroatoms. The molecule has 0 unspecified atom stereocenters. The van der Waals surface area contributed by atoms with E-state index in [0.29, 0.717) is 19.7 Å². The highest BCUT2D eigenvalue weighted by atomic mass is 16.5. The highest BCUT2D eigenvalue weighted by molar-refractivity contribution is 5.79. The number of nitrogens with zero attached hydrogens (tertiary/aromatic N) is 1. The summed E-state index contributed by atoms with van der Waals surface area (Å²) in [6.07, 6.45) is 0. The fourth-order valence-corrected chi connectivity index (χ4v) is 2.38. The van der Waals surface area contributed by atoms with Crippen molar-refractivity contribution in [1.82, 2.24) is 10.6 Å². The Morgan fingerprint density at radius 2 is 1.68 bits per heavy atom. The van der Waals surface area contributed by atoms with Crippen molar-refractivity contribution < 1.29 is 9.47 Å². The average Bonchev–Trinajstić information content (AvgIpc) is 2.65. The van der Waals surface area contributed by atoms with Gasteiger partial charge in [-0.1, -0.05) is 24.3 Å². The van der Waals surface area contributed by atoms with Crippen molar-refractivity contribution in [2.24, 2.45) is 4.99 Å². The standard InChI is InChI=1S/C20H27N3O2/c1-4-21-20(22-14-16-8-6-10-18(12-16)24-3)23-15-17-9-7-11-19(13-17)25-5-2/h6-13H,4-5,14-15H2,1-3H3,(H2,21,22,23). The molecular formula is C20H27N3O2. The first-order chi connectivity index (χ1) is 12.2. The third-order valence-electron chi connectivity index (χ3n) is 3.57. The van der Waals surface area contributed by atoms with Crippen LogP contribution < -0.4 is 20.1 Å². The molecule has 0 saturated carbocycles. The molecule has 0 heterocycles. The molecule has 0 aliphatic rings. The van der Waals surface area contributed by atoms with E-state index in [1.54, 1.807) is 7.11 Å². The summed E-state index contributed by atoms with van der Waals surface area (Å²) in [5.74, 6) is 2.52. The molecule has 0 aromatic heterocycles. The maximum absolute atomic E-state index is 5.54. The zero-order valence-corrected chi connectivity index (χ0v) is 15.2. The summed E-state index contributed by atoms with van der Waals surface area (Å²) in [7, 11) is 1.68. The number of aliphatic imine (C=N–C) groups is 1. The van der Waals surface area contributed by atoms with Crippen LogP contribution in [0.1, 0.15) is 25.0 Å². The van der Waals surface area contributed by atoms with E-state index in [4.69, 9.17) is 9.47 Å². The smallest absolute Gasteiger partial charge is 0.191 e. The summed E-state index contributed by atoms with van der Waals surface area (Å²) in [6.45, 7) is 6.78. The van der Waals surface area contributed by atoms with Crippen LogP contribution in [0.3, 0.4) is 0 Å². The Kier molecular flexibility index (Phi) is 7.63. The van der Waals surface area contributed by atoms with Crippen LogP contribution in [0.2, 0.25) is 0 Å². The molecule has 2 N–H and O–H groups in total. The van der Waals surface area contributed by atoms with Gasteiger partial charge in [0.2, 0.25) is 0 Å². The zero-order chi connectivity index (χ0) is 17.9. The van der Waals surface area contributed by atoms with Crippen LogP contribution in [0.15, 0.2) is 53.5 Å². The first kappa shape index (κ1) is 18.6. The van der Waals surface area contributed by atoms with Gasteiger partial charge in [-0.2, -0.15) is 0 Å². The molecule has 0 atom stereocenters. The number of rotatable bonds is 8. The molecule has 0 aliphatic heterocycles. The normalized spacial score (nSPS) is 11.1. The molecule has 0 amide bonds. The molecule has 25 heavy (non-hydrogen) atoms. The van der Waals surface area contributed by atoms with Crippen molar-refractivity contribution in [3.63, 3.8) is 0 Å². The van der Waals surface area contributed by atoms with E-state index in [-0.39, 0.29) is 0 Å². The van der Waals surface area contributed by atoms with E-state index < -0.39 is 0 Å². The minimum atomic E-state index is 0.592. The van der Waals surface area contributed by atoms with Gasteiger partial charge in [0, 0.05) is 13.1 Å². The number of methoxy groups -OCH3 is 1. The van der Waals surface area contributed by atoms with Gasteiger partial charge in [-0.3, -0.25) is 0 Å². The molecule has 134 valence electrons. The van der Waals surface area contributed by atoms with Gasteiger partial charge < -0.3 is 20.1 Å². The lowest BCUT2D eigenvalue weighted by molar-refractivity contribution is 0.340. The number of ether oxygens (including phenoxy) is 2. The van der Waals surface area contributed by atoms with Gasteiger partial charge in [-0.25, -0.2) is 4.99 Å². The van der Waals surface area contributed by atoms with Crippen molar-refractivity contribution in [3.8, 4) is 11.5 Å². The Hall–Kier alpha value is -2.69. The molecule has 2 aromatic rings. The SMILES string of the molecule is CCNC(=NCc1cccc(OCC)c1)NCc1cccc(OC)c1. The third kappa shape index (κ3) is 6.37. The molecule has 0 saturated heterocycles. The monoisotopic (exact) mass is 341 g/mol. The molecule has 0 aliphatic carbocycles. The second-order valence-corrected chi connectivity index (χ2v) is 5.48. The summed E-state index contributed by atoms with van der Waals surface area (Å²) in [5.41, 5.74) is 2.26. The molecule has 5 nitrogen and oxygen atoms in total. The molecule has 2 aromatic carbocycles. The summed E-state index contributed by atoms with van der Waals surface area (Å²) in [6, 6.07) is 16.0. The lowest BCUT2D eigenvalue weighted by Gasteiger charge is -2.12. The largest absolute Gasteiger partial charge is 0.497 e. The zero-order valence-electron chi connectivity index (χ0n) is 15.2. The molecule has 2 rings (SSSR count). The maximum Gasteiger partial charge on any atom is 0.191 e. The van der Waals surface area contributed by atoms with Gasteiger partial charge in [0.1, 0.15) is 11.5 Å². The van der Waals surface area contributed by atoms with Gasteiger partial charge >= 0.3 is 0 Å². The van der Waals surface area contributed by atoms with E-state index in [0.717, 1.165) is 35.1 Å². The molecule has 0 fully saturated rings. The minimum absolute atomic E-state index is 0.592. The predicted molar refractivity (Wildman–Crippen MR) is 102 cm³/mol. The number of guanidine groups is 1. The Bertz CT molecular complexity index is 686. The first-order valence-corrected chi connectivity index (χ1v) is 8.62.